The maximum atomic E-state index is 13.9. The summed E-state index contributed by atoms with van der Waals surface area (Å²) in [6.45, 7) is 1.63. The molecule has 1 amide bonds. The topological polar surface area (TPSA) is 54.9 Å². The predicted octanol–water partition coefficient (Wildman–Crippen LogP) is 6.56. The van der Waals surface area contributed by atoms with Crippen LogP contribution in [0.5, 0.6) is 0 Å². The zero-order valence-corrected chi connectivity index (χ0v) is 18.8. The van der Waals surface area contributed by atoms with E-state index in [-0.39, 0.29) is 17.5 Å². The van der Waals surface area contributed by atoms with Gasteiger partial charge < -0.3 is 5.32 Å². The summed E-state index contributed by atoms with van der Waals surface area (Å²) in [5.74, 6) is -1.95. The zero-order valence-electron chi connectivity index (χ0n) is 18.8. The fourth-order valence-electron chi connectivity index (χ4n) is 4.56. The minimum atomic E-state index is -4.53. The number of carbonyl (C=O) groups is 1. The number of alkyl halides is 3. The highest BCUT2D eigenvalue weighted by Crippen LogP contribution is 2.47. The van der Waals surface area contributed by atoms with Gasteiger partial charge in [-0.1, -0.05) is 12.1 Å². The Hall–Kier alpha value is -4.14. The predicted molar refractivity (Wildman–Crippen MR) is 124 cm³/mol. The minimum absolute atomic E-state index is 0.0353. The minimum Gasteiger partial charge on any atom is -0.324 e. The average Bonchev–Trinajstić information content (AvgIpc) is 3.07. The molecule has 5 rings (SSSR count). The Morgan fingerprint density at radius 3 is 2.36 bits per heavy atom. The van der Waals surface area contributed by atoms with Crippen LogP contribution in [0.3, 0.4) is 0 Å². The highest BCUT2D eigenvalue weighted by Gasteiger charge is 2.44. The molecule has 0 spiro atoms. The Balaban J connectivity index is 1.72. The molecular weight excluding hydrogens is 477 g/mol. The number of aromatic nitrogens is 2. The van der Waals surface area contributed by atoms with Crippen LogP contribution in [0, 0.1) is 11.6 Å². The van der Waals surface area contributed by atoms with Gasteiger partial charge in [0, 0.05) is 24.0 Å². The molecule has 1 atom stereocenters. The Kier molecular flexibility index (Phi) is 5.58. The molecule has 0 saturated heterocycles. The first-order chi connectivity index (χ1) is 17.0. The molecule has 0 bridgehead atoms. The van der Waals surface area contributed by atoms with Crippen molar-refractivity contribution in [2.45, 2.75) is 24.9 Å². The van der Waals surface area contributed by atoms with E-state index in [1.165, 1.54) is 24.7 Å². The van der Waals surface area contributed by atoms with E-state index in [4.69, 9.17) is 0 Å². The van der Waals surface area contributed by atoms with E-state index in [0.29, 0.717) is 28.1 Å². The molecule has 4 aromatic rings. The normalized spacial score (nSPS) is 17.1. The SMILES string of the molecule is CC1(Cc2cc(F)cc(F)c2)C(=O)Nc2c(-c3cnccn3)cc(-c3cccc(C(F)(F)F)c3)cc21. The standard InChI is InChI=1S/C27H18F5N3O/c1-26(13-15-7-19(28)12-20(29)8-15)22-11-17(16-3-2-4-18(9-16)27(30,31)32)10-21(24(22)35-25(26)36)23-14-33-5-6-34-23/h2-12,14H,13H2,1H3,(H,35,36). The summed E-state index contributed by atoms with van der Waals surface area (Å²) in [4.78, 5) is 21.6. The second kappa shape index (κ2) is 8.51. The number of anilines is 1. The zero-order chi connectivity index (χ0) is 25.7. The molecule has 4 nitrogen and oxygen atoms in total. The summed E-state index contributed by atoms with van der Waals surface area (Å²) in [5, 5.41) is 2.84. The fraction of sp³-hybridized carbons (Fsp3) is 0.148. The van der Waals surface area contributed by atoms with Gasteiger partial charge in [0.25, 0.3) is 0 Å². The molecule has 1 N–H and O–H groups in total. The molecule has 0 saturated carbocycles. The second-order valence-corrected chi connectivity index (χ2v) is 8.86. The number of nitrogens with one attached hydrogen (secondary N) is 1. The van der Waals surface area contributed by atoms with Gasteiger partial charge in [0.05, 0.1) is 28.6 Å². The molecular formula is C27H18F5N3O. The van der Waals surface area contributed by atoms with Crippen LogP contribution < -0.4 is 5.32 Å². The van der Waals surface area contributed by atoms with Crippen molar-refractivity contribution < 1.29 is 26.7 Å². The van der Waals surface area contributed by atoms with Crippen molar-refractivity contribution in [3.8, 4) is 22.4 Å². The van der Waals surface area contributed by atoms with Gasteiger partial charge >= 0.3 is 6.18 Å². The quantitative estimate of drug-likeness (QED) is 0.326. The highest BCUT2D eigenvalue weighted by atomic mass is 19.4. The maximum Gasteiger partial charge on any atom is 0.416 e. The first-order valence-corrected chi connectivity index (χ1v) is 10.9. The van der Waals surface area contributed by atoms with Crippen LogP contribution in [0.4, 0.5) is 27.6 Å². The van der Waals surface area contributed by atoms with Crippen molar-refractivity contribution in [1.82, 2.24) is 9.97 Å². The average molecular weight is 495 g/mol. The van der Waals surface area contributed by atoms with E-state index in [9.17, 15) is 26.7 Å². The molecule has 0 fully saturated rings. The monoisotopic (exact) mass is 495 g/mol. The lowest BCUT2D eigenvalue weighted by atomic mass is 9.77. The van der Waals surface area contributed by atoms with E-state index in [1.54, 1.807) is 25.1 Å². The number of benzene rings is 3. The van der Waals surface area contributed by atoms with Gasteiger partial charge in [-0.25, -0.2) is 8.78 Å². The molecule has 1 aromatic heterocycles. The molecule has 36 heavy (non-hydrogen) atoms. The van der Waals surface area contributed by atoms with Crippen molar-refractivity contribution >= 4 is 11.6 Å². The van der Waals surface area contributed by atoms with Gasteiger partial charge in [0.15, 0.2) is 0 Å². The number of halogens is 5. The molecule has 182 valence electrons. The number of fused-ring (bicyclic) bond motifs is 1. The number of hydrogen-bond donors (Lipinski definition) is 1. The Labute approximate surface area is 202 Å². The largest absolute Gasteiger partial charge is 0.416 e. The third-order valence-corrected chi connectivity index (χ3v) is 6.31. The smallest absolute Gasteiger partial charge is 0.324 e. The number of amides is 1. The molecule has 9 heteroatoms. The van der Waals surface area contributed by atoms with E-state index in [2.05, 4.69) is 15.3 Å². The highest BCUT2D eigenvalue weighted by molar-refractivity contribution is 6.10. The Morgan fingerprint density at radius 1 is 0.944 bits per heavy atom. The summed E-state index contributed by atoms with van der Waals surface area (Å²) < 4.78 is 67.9. The van der Waals surface area contributed by atoms with Crippen LogP contribution in [0.15, 0.2) is 73.2 Å². The van der Waals surface area contributed by atoms with Crippen molar-refractivity contribution in [2.75, 3.05) is 5.32 Å². The first kappa shape index (κ1) is 23.6. The van der Waals surface area contributed by atoms with E-state index in [1.807, 2.05) is 0 Å². The van der Waals surface area contributed by atoms with Gasteiger partial charge in [-0.15, -0.1) is 0 Å². The summed E-state index contributed by atoms with van der Waals surface area (Å²) in [6, 6.07) is 11.2. The lowest BCUT2D eigenvalue weighted by Crippen LogP contribution is -2.33. The van der Waals surface area contributed by atoms with E-state index in [0.717, 1.165) is 30.3 Å². The van der Waals surface area contributed by atoms with Crippen LogP contribution >= 0.6 is 0 Å². The van der Waals surface area contributed by atoms with Crippen molar-refractivity contribution in [2.24, 2.45) is 0 Å². The van der Waals surface area contributed by atoms with E-state index >= 15 is 0 Å². The summed E-state index contributed by atoms with van der Waals surface area (Å²) >= 11 is 0. The molecule has 0 radical (unpaired) electrons. The van der Waals surface area contributed by atoms with Crippen LogP contribution in [0.25, 0.3) is 22.4 Å². The molecule has 1 aliphatic heterocycles. The van der Waals surface area contributed by atoms with Gasteiger partial charge in [-0.3, -0.25) is 14.8 Å². The summed E-state index contributed by atoms with van der Waals surface area (Å²) in [5.41, 5.74) is 0.689. The van der Waals surface area contributed by atoms with Crippen LogP contribution in [0.1, 0.15) is 23.6 Å². The number of hydrogen-bond acceptors (Lipinski definition) is 3. The van der Waals surface area contributed by atoms with Gasteiger partial charge in [-0.2, -0.15) is 13.2 Å². The summed E-state index contributed by atoms with van der Waals surface area (Å²) in [6.07, 6.45) is -0.151. The van der Waals surface area contributed by atoms with E-state index < -0.39 is 34.7 Å². The fourth-order valence-corrected chi connectivity index (χ4v) is 4.56. The molecule has 1 unspecified atom stereocenters. The van der Waals surface area contributed by atoms with Crippen molar-refractivity contribution in [3.63, 3.8) is 0 Å². The Bertz CT molecular complexity index is 1470. The van der Waals surface area contributed by atoms with Gasteiger partial charge in [0.1, 0.15) is 11.6 Å². The lowest BCUT2D eigenvalue weighted by molar-refractivity contribution is -0.137. The number of nitrogens with zero attached hydrogens (tertiary/aromatic N) is 2. The first-order valence-electron chi connectivity index (χ1n) is 10.9. The van der Waals surface area contributed by atoms with Gasteiger partial charge in [-0.05, 0) is 72.0 Å². The van der Waals surface area contributed by atoms with Crippen LogP contribution in [-0.2, 0) is 22.8 Å². The van der Waals surface area contributed by atoms with Crippen LogP contribution in [-0.4, -0.2) is 15.9 Å². The third-order valence-electron chi connectivity index (χ3n) is 6.31. The van der Waals surface area contributed by atoms with Gasteiger partial charge in [0.2, 0.25) is 5.91 Å². The third kappa shape index (κ3) is 4.21. The molecule has 1 aliphatic rings. The lowest BCUT2D eigenvalue weighted by Gasteiger charge is -2.23. The Morgan fingerprint density at radius 2 is 1.69 bits per heavy atom. The molecule has 3 aromatic carbocycles. The number of rotatable bonds is 4. The second-order valence-electron chi connectivity index (χ2n) is 8.86. The summed E-state index contributed by atoms with van der Waals surface area (Å²) in [7, 11) is 0. The van der Waals surface area contributed by atoms with Crippen LogP contribution in [0.2, 0.25) is 0 Å². The molecule has 2 heterocycles. The molecule has 0 aliphatic carbocycles. The van der Waals surface area contributed by atoms with Crippen molar-refractivity contribution in [3.05, 3.63) is 102 Å². The van der Waals surface area contributed by atoms with Crippen molar-refractivity contribution in [1.29, 1.82) is 0 Å². The number of carbonyl (C=O) groups excluding carboxylic acids is 1. The maximum absolute atomic E-state index is 13.9.